The van der Waals surface area contributed by atoms with Gasteiger partial charge in [-0.1, -0.05) is 26.0 Å². The lowest BCUT2D eigenvalue weighted by molar-refractivity contribution is -0.132. The molecule has 1 aliphatic heterocycles. The highest BCUT2D eigenvalue weighted by atomic mass is 32.2. The topological polar surface area (TPSA) is 79.0 Å². The number of rotatable bonds is 10. The van der Waals surface area contributed by atoms with Crippen LogP contribution >= 0.6 is 0 Å². The first kappa shape index (κ1) is 22.8. The van der Waals surface area contributed by atoms with Gasteiger partial charge >= 0.3 is 0 Å². The van der Waals surface area contributed by atoms with Crippen LogP contribution < -0.4 is 5.32 Å². The number of hydrogen-bond donors (Lipinski definition) is 1. The van der Waals surface area contributed by atoms with E-state index in [4.69, 9.17) is 4.74 Å². The van der Waals surface area contributed by atoms with Gasteiger partial charge in [-0.05, 0) is 36.5 Å². The number of nitrogens with one attached hydrogen (secondary N) is 1. The summed E-state index contributed by atoms with van der Waals surface area (Å²) in [5.41, 5.74) is 1.11. The Balaban J connectivity index is 2.15. The van der Waals surface area contributed by atoms with Gasteiger partial charge in [0.1, 0.15) is 0 Å². The average molecular weight is 412 g/mol. The number of sulfonamides is 1. The van der Waals surface area contributed by atoms with Gasteiger partial charge in [-0.15, -0.1) is 0 Å². The van der Waals surface area contributed by atoms with Crippen molar-refractivity contribution in [3.05, 3.63) is 29.8 Å². The number of carbonyl (C=O) groups is 1. The number of amides is 1. The fourth-order valence-corrected chi connectivity index (χ4v) is 4.68. The lowest BCUT2D eigenvalue weighted by atomic mass is 10.0. The summed E-state index contributed by atoms with van der Waals surface area (Å²) in [6.07, 6.45) is 1.44. The molecule has 8 heteroatoms. The zero-order valence-corrected chi connectivity index (χ0v) is 18.0. The Labute approximate surface area is 169 Å². The maximum atomic E-state index is 13.2. The summed E-state index contributed by atoms with van der Waals surface area (Å²) in [4.78, 5) is 14.6. The molecule has 7 nitrogen and oxygen atoms in total. The van der Waals surface area contributed by atoms with Gasteiger partial charge in [-0.2, -0.15) is 4.31 Å². The van der Waals surface area contributed by atoms with Gasteiger partial charge in [0.25, 0.3) is 0 Å². The molecule has 28 heavy (non-hydrogen) atoms. The van der Waals surface area contributed by atoms with E-state index in [2.05, 4.69) is 19.2 Å². The van der Waals surface area contributed by atoms with Crippen LogP contribution in [0.4, 0.5) is 0 Å². The molecule has 1 amide bonds. The Morgan fingerprint density at radius 2 is 1.86 bits per heavy atom. The Hall–Kier alpha value is -1.48. The summed E-state index contributed by atoms with van der Waals surface area (Å²) in [5.74, 6) is 0.351. The molecule has 1 aliphatic rings. The van der Waals surface area contributed by atoms with Crippen molar-refractivity contribution in [2.75, 3.05) is 53.0 Å². The molecule has 0 aliphatic carbocycles. The van der Waals surface area contributed by atoms with Crippen molar-refractivity contribution < 1.29 is 17.9 Å². The van der Waals surface area contributed by atoms with Crippen molar-refractivity contribution >= 4 is 15.9 Å². The van der Waals surface area contributed by atoms with Crippen LogP contribution in [-0.2, 0) is 26.0 Å². The van der Waals surface area contributed by atoms with Crippen LogP contribution in [0.1, 0.15) is 25.8 Å². The molecule has 0 saturated carbocycles. The Morgan fingerprint density at radius 3 is 2.43 bits per heavy atom. The van der Waals surface area contributed by atoms with Crippen molar-refractivity contribution in [3.8, 4) is 0 Å². The second-order valence-corrected chi connectivity index (χ2v) is 9.50. The van der Waals surface area contributed by atoms with Crippen molar-refractivity contribution in [1.82, 2.24) is 14.5 Å². The van der Waals surface area contributed by atoms with Crippen LogP contribution in [0, 0.1) is 5.92 Å². The monoisotopic (exact) mass is 411 g/mol. The molecule has 1 aromatic carbocycles. The molecule has 1 saturated heterocycles. The second kappa shape index (κ2) is 10.9. The Kier molecular flexibility index (Phi) is 8.88. The van der Waals surface area contributed by atoms with Crippen LogP contribution in [-0.4, -0.2) is 76.5 Å². The molecule has 0 spiro atoms. The summed E-state index contributed by atoms with van der Waals surface area (Å²) < 4.78 is 32.7. The van der Waals surface area contributed by atoms with Crippen molar-refractivity contribution in [2.45, 2.75) is 31.6 Å². The highest BCUT2D eigenvalue weighted by Gasteiger charge is 2.28. The number of carbonyl (C=O) groups excluding carboxylic acids is 1. The van der Waals surface area contributed by atoms with E-state index in [1.165, 1.54) is 4.31 Å². The number of methoxy groups -OCH3 is 1. The molecule has 0 bridgehead atoms. The number of nitrogens with zero attached hydrogens (tertiary/aromatic N) is 2. The van der Waals surface area contributed by atoms with Crippen LogP contribution in [0.5, 0.6) is 0 Å². The number of hydrogen-bond acceptors (Lipinski definition) is 5. The van der Waals surface area contributed by atoms with E-state index < -0.39 is 10.0 Å². The molecule has 1 fully saturated rings. The predicted molar refractivity (Wildman–Crippen MR) is 110 cm³/mol. The van der Waals surface area contributed by atoms with E-state index in [0.717, 1.165) is 25.1 Å². The molecule has 0 radical (unpaired) electrons. The molecule has 1 N–H and O–H groups in total. The first-order chi connectivity index (χ1) is 13.3. The summed E-state index contributed by atoms with van der Waals surface area (Å²) in [6.45, 7) is 7.50. The van der Waals surface area contributed by atoms with Crippen LogP contribution in [0.3, 0.4) is 0 Å². The van der Waals surface area contributed by atoms with Crippen molar-refractivity contribution in [1.29, 1.82) is 0 Å². The highest BCUT2D eigenvalue weighted by molar-refractivity contribution is 7.89. The van der Waals surface area contributed by atoms with E-state index in [1.807, 2.05) is 12.1 Å². The Bertz CT molecular complexity index is 713. The van der Waals surface area contributed by atoms with Crippen LogP contribution in [0.25, 0.3) is 0 Å². The van der Waals surface area contributed by atoms with Gasteiger partial charge < -0.3 is 15.0 Å². The fraction of sp³-hybridized carbons (Fsp3) is 0.650. The smallest absolute Gasteiger partial charge is 0.243 e. The van der Waals surface area contributed by atoms with Gasteiger partial charge in [0.2, 0.25) is 15.9 Å². The zero-order valence-electron chi connectivity index (χ0n) is 17.2. The minimum Gasteiger partial charge on any atom is -0.385 e. The van der Waals surface area contributed by atoms with E-state index in [0.29, 0.717) is 32.0 Å². The van der Waals surface area contributed by atoms with E-state index >= 15 is 0 Å². The van der Waals surface area contributed by atoms with E-state index in [-0.39, 0.29) is 23.9 Å². The standard InChI is InChI=1S/C20H33N3O4S/c1-17(2)15-18-5-7-19(8-6-18)28(25,26)23(11-4-14-27-3)16-20(24)22-12-9-21-10-13-22/h5-8,17,21H,4,9-16H2,1-3H3. The third-order valence-corrected chi connectivity index (χ3v) is 6.60. The normalized spacial score (nSPS) is 15.4. The van der Waals surface area contributed by atoms with Gasteiger partial charge in [0.15, 0.2) is 0 Å². The number of piperazine rings is 1. The molecule has 0 aromatic heterocycles. The van der Waals surface area contributed by atoms with E-state index in [1.54, 1.807) is 24.1 Å². The van der Waals surface area contributed by atoms with E-state index in [9.17, 15) is 13.2 Å². The molecule has 0 atom stereocenters. The SMILES string of the molecule is COCCCN(CC(=O)N1CCNCC1)S(=O)(=O)c1ccc(CC(C)C)cc1. The van der Waals surface area contributed by atoms with Crippen LogP contribution in [0.15, 0.2) is 29.2 Å². The quantitative estimate of drug-likeness (QED) is 0.588. The molecular formula is C20H33N3O4S. The largest absolute Gasteiger partial charge is 0.385 e. The van der Waals surface area contributed by atoms with Gasteiger partial charge in [0, 0.05) is 46.4 Å². The summed E-state index contributed by atoms with van der Waals surface area (Å²) in [5, 5.41) is 3.20. The summed E-state index contributed by atoms with van der Waals surface area (Å²) in [6, 6.07) is 7.01. The first-order valence-electron chi connectivity index (χ1n) is 9.91. The summed E-state index contributed by atoms with van der Waals surface area (Å²) >= 11 is 0. The van der Waals surface area contributed by atoms with Crippen LogP contribution in [0.2, 0.25) is 0 Å². The van der Waals surface area contributed by atoms with Gasteiger partial charge in [0.05, 0.1) is 11.4 Å². The minimum absolute atomic E-state index is 0.139. The molecule has 2 rings (SSSR count). The van der Waals surface area contributed by atoms with Gasteiger partial charge in [-0.3, -0.25) is 4.79 Å². The molecule has 1 heterocycles. The Morgan fingerprint density at radius 1 is 1.21 bits per heavy atom. The highest BCUT2D eigenvalue weighted by Crippen LogP contribution is 2.19. The molecular weight excluding hydrogens is 378 g/mol. The summed E-state index contributed by atoms with van der Waals surface area (Å²) in [7, 11) is -2.16. The zero-order chi connectivity index (χ0) is 20.6. The third-order valence-electron chi connectivity index (χ3n) is 4.74. The lowest BCUT2D eigenvalue weighted by Gasteiger charge is -2.30. The predicted octanol–water partition coefficient (Wildman–Crippen LogP) is 1.34. The maximum absolute atomic E-state index is 13.2. The fourth-order valence-electron chi connectivity index (χ4n) is 3.25. The molecule has 158 valence electrons. The average Bonchev–Trinajstić information content (AvgIpc) is 2.68. The number of ether oxygens (including phenoxy) is 1. The first-order valence-corrected chi connectivity index (χ1v) is 11.3. The van der Waals surface area contributed by atoms with Gasteiger partial charge in [-0.25, -0.2) is 8.42 Å². The number of benzene rings is 1. The third kappa shape index (κ3) is 6.55. The lowest BCUT2D eigenvalue weighted by Crippen LogP contribution is -2.50. The molecule has 1 aromatic rings. The minimum atomic E-state index is -3.75. The van der Waals surface area contributed by atoms with Crippen molar-refractivity contribution in [2.24, 2.45) is 5.92 Å². The van der Waals surface area contributed by atoms with Crippen molar-refractivity contribution in [3.63, 3.8) is 0 Å². The second-order valence-electron chi connectivity index (χ2n) is 7.56. The molecule has 0 unspecified atom stereocenters. The maximum Gasteiger partial charge on any atom is 0.243 e.